The zero-order chi connectivity index (χ0) is 33.8. The second-order valence-corrected chi connectivity index (χ2v) is 15.0. The van der Waals surface area contributed by atoms with Gasteiger partial charge in [-0.05, 0) is 88.6 Å². The van der Waals surface area contributed by atoms with E-state index in [2.05, 4.69) is 31.4 Å². The summed E-state index contributed by atoms with van der Waals surface area (Å²) in [5.74, 6) is -0.216. The first-order valence-corrected chi connectivity index (χ1v) is 17.7. The number of para-hydroxylation sites is 1. The lowest BCUT2D eigenvalue weighted by molar-refractivity contribution is -0.142. The number of likely N-dealkylation sites (tertiary alicyclic amines) is 1. The van der Waals surface area contributed by atoms with E-state index in [1.807, 2.05) is 46.7 Å². The molecule has 0 bridgehead atoms. The van der Waals surface area contributed by atoms with Crippen LogP contribution >= 0.6 is 11.6 Å². The predicted octanol–water partition coefficient (Wildman–Crippen LogP) is 6.30. The SMILES string of the molecule is CCCn1c(C(=O)N[C@H](Cc2ccc(Cl)cc2)C(=O)N2CCC(C3CCCCC3)(C(O)NC(C)(C)C)CC2)cc(=O)c2ccccc21. The maximum Gasteiger partial charge on any atom is 0.268 e. The topological polar surface area (TPSA) is 104 Å². The Bertz CT molecular complexity index is 1600. The smallest absolute Gasteiger partial charge is 0.268 e. The molecule has 1 aromatic heterocycles. The molecule has 3 aromatic rings. The number of aliphatic hydroxyl groups is 1. The van der Waals surface area contributed by atoms with E-state index in [4.69, 9.17) is 11.6 Å². The van der Waals surface area contributed by atoms with Crippen molar-refractivity contribution in [3.8, 4) is 0 Å². The predicted molar refractivity (Wildman–Crippen MR) is 189 cm³/mol. The average molecular weight is 663 g/mol. The molecule has 2 atom stereocenters. The summed E-state index contributed by atoms with van der Waals surface area (Å²) in [5.41, 5.74) is 1.03. The molecule has 1 unspecified atom stereocenters. The molecule has 9 heteroatoms. The number of piperidine rings is 1. The normalized spacial score (nSPS) is 18.6. The maximum atomic E-state index is 14.4. The van der Waals surface area contributed by atoms with Gasteiger partial charge in [-0.2, -0.15) is 0 Å². The third-order valence-corrected chi connectivity index (χ3v) is 10.4. The molecule has 1 saturated heterocycles. The first kappa shape index (κ1) is 35.1. The van der Waals surface area contributed by atoms with E-state index >= 15 is 0 Å². The van der Waals surface area contributed by atoms with Gasteiger partial charge in [-0.15, -0.1) is 0 Å². The molecular formula is C38H51ClN4O4. The number of carbonyl (C=O) groups excluding carboxylic acids is 2. The second-order valence-electron chi connectivity index (χ2n) is 14.6. The van der Waals surface area contributed by atoms with Gasteiger partial charge in [0.05, 0.1) is 5.52 Å². The number of carbonyl (C=O) groups is 2. The summed E-state index contributed by atoms with van der Waals surface area (Å²) >= 11 is 6.16. The van der Waals surface area contributed by atoms with Crippen molar-refractivity contribution in [1.29, 1.82) is 0 Å². The molecule has 8 nitrogen and oxygen atoms in total. The highest BCUT2D eigenvalue weighted by molar-refractivity contribution is 6.30. The van der Waals surface area contributed by atoms with Crippen molar-refractivity contribution in [2.45, 2.75) is 110 Å². The molecule has 5 rings (SSSR count). The molecule has 47 heavy (non-hydrogen) atoms. The van der Waals surface area contributed by atoms with Crippen molar-refractivity contribution < 1.29 is 14.7 Å². The Morgan fingerprint density at radius 3 is 2.32 bits per heavy atom. The molecule has 1 aliphatic heterocycles. The minimum Gasteiger partial charge on any atom is -0.378 e. The molecule has 1 aliphatic carbocycles. The molecule has 2 aliphatic rings. The fourth-order valence-electron chi connectivity index (χ4n) is 7.77. The fraction of sp³-hybridized carbons (Fsp3) is 0.553. The van der Waals surface area contributed by atoms with Crippen molar-refractivity contribution in [2.75, 3.05) is 13.1 Å². The first-order chi connectivity index (χ1) is 22.4. The zero-order valence-corrected chi connectivity index (χ0v) is 29.1. The average Bonchev–Trinajstić information content (AvgIpc) is 3.06. The van der Waals surface area contributed by atoms with E-state index < -0.39 is 18.2 Å². The summed E-state index contributed by atoms with van der Waals surface area (Å²) < 4.78 is 1.87. The molecule has 2 aromatic carbocycles. The lowest BCUT2D eigenvalue weighted by atomic mass is 9.62. The molecule has 3 N–H and O–H groups in total. The number of aryl methyl sites for hydroxylation is 1. The Morgan fingerprint density at radius 2 is 1.68 bits per heavy atom. The van der Waals surface area contributed by atoms with E-state index in [1.165, 1.54) is 25.3 Å². The number of nitrogens with zero attached hydrogens (tertiary/aromatic N) is 2. The molecule has 1 saturated carbocycles. The third kappa shape index (κ3) is 8.10. The van der Waals surface area contributed by atoms with Crippen molar-refractivity contribution >= 4 is 34.3 Å². The number of rotatable bonds is 10. The number of hydrogen-bond donors (Lipinski definition) is 3. The van der Waals surface area contributed by atoms with Gasteiger partial charge in [0.2, 0.25) is 5.91 Å². The van der Waals surface area contributed by atoms with Gasteiger partial charge in [0.15, 0.2) is 5.43 Å². The monoisotopic (exact) mass is 662 g/mol. The van der Waals surface area contributed by atoms with E-state index in [-0.39, 0.29) is 34.4 Å². The standard InChI is InChI=1S/C38H51ClN4O4/c1-5-21-43-31-14-10-9-13-29(31)33(44)25-32(43)34(45)40-30(24-26-15-17-28(39)18-16-26)35(46)42-22-19-38(20-23-42,27-11-7-6-8-12-27)36(47)41-37(2,3)4/h9-10,13-18,25,27,30,36,41,47H,5-8,11-12,19-24H2,1-4H3,(H,40,45)/t30-,36?/m1/s1. The molecule has 2 heterocycles. The van der Waals surface area contributed by atoms with E-state index in [0.29, 0.717) is 54.3 Å². The minimum absolute atomic E-state index is 0.158. The summed E-state index contributed by atoms with van der Waals surface area (Å²) in [5, 5.41) is 19.3. The first-order valence-electron chi connectivity index (χ1n) is 17.3. The van der Waals surface area contributed by atoms with Gasteiger partial charge in [0, 0.05) is 53.5 Å². The van der Waals surface area contributed by atoms with Crippen LogP contribution in [-0.4, -0.2) is 57.3 Å². The number of aromatic nitrogens is 1. The Balaban J connectivity index is 1.42. The van der Waals surface area contributed by atoms with E-state index in [0.717, 1.165) is 24.8 Å². The highest BCUT2D eigenvalue weighted by Crippen LogP contribution is 2.48. The van der Waals surface area contributed by atoms with Gasteiger partial charge in [0.25, 0.3) is 5.91 Å². The van der Waals surface area contributed by atoms with Crippen LogP contribution in [0.5, 0.6) is 0 Å². The number of aliphatic hydroxyl groups excluding tert-OH is 1. The molecule has 2 amide bonds. The zero-order valence-electron chi connectivity index (χ0n) is 28.4. The van der Waals surface area contributed by atoms with Gasteiger partial charge < -0.3 is 19.9 Å². The van der Waals surface area contributed by atoms with Crippen LogP contribution in [0.25, 0.3) is 10.9 Å². The minimum atomic E-state index is -0.847. The van der Waals surface area contributed by atoms with Crippen LogP contribution in [0.1, 0.15) is 95.1 Å². The Morgan fingerprint density at radius 1 is 1.02 bits per heavy atom. The van der Waals surface area contributed by atoms with Crippen molar-refractivity contribution in [1.82, 2.24) is 20.1 Å². The van der Waals surface area contributed by atoms with Gasteiger partial charge in [-0.1, -0.05) is 62.1 Å². The van der Waals surface area contributed by atoms with Crippen LogP contribution in [0.2, 0.25) is 5.02 Å². The summed E-state index contributed by atoms with van der Waals surface area (Å²) in [4.78, 5) is 43.3. The van der Waals surface area contributed by atoms with Gasteiger partial charge in [-0.25, -0.2) is 0 Å². The number of halogens is 1. The van der Waals surface area contributed by atoms with Crippen LogP contribution in [0.3, 0.4) is 0 Å². The van der Waals surface area contributed by atoms with Crippen LogP contribution < -0.4 is 16.1 Å². The van der Waals surface area contributed by atoms with Crippen LogP contribution in [-0.2, 0) is 17.8 Å². The second kappa shape index (κ2) is 14.9. The highest BCUT2D eigenvalue weighted by atomic mass is 35.5. The number of fused-ring (bicyclic) bond motifs is 1. The van der Waals surface area contributed by atoms with E-state index in [9.17, 15) is 19.5 Å². The number of nitrogens with one attached hydrogen (secondary N) is 2. The van der Waals surface area contributed by atoms with Crippen LogP contribution in [0, 0.1) is 11.3 Å². The van der Waals surface area contributed by atoms with Crippen LogP contribution in [0.15, 0.2) is 59.4 Å². The van der Waals surface area contributed by atoms with Gasteiger partial charge in [-0.3, -0.25) is 19.7 Å². The Hall–Kier alpha value is -3.20. The largest absolute Gasteiger partial charge is 0.378 e. The number of amides is 2. The summed E-state index contributed by atoms with van der Waals surface area (Å²) in [6.07, 6.45) is 7.53. The Kier molecular flexibility index (Phi) is 11.1. The van der Waals surface area contributed by atoms with Crippen molar-refractivity contribution in [3.05, 3.63) is 81.1 Å². The fourth-order valence-corrected chi connectivity index (χ4v) is 7.89. The lowest BCUT2D eigenvalue weighted by Gasteiger charge is -2.52. The molecule has 0 radical (unpaired) electrons. The van der Waals surface area contributed by atoms with Crippen LogP contribution in [0.4, 0.5) is 0 Å². The third-order valence-electron chi connectivity index (χ3n) is 10.2. The molecule has 254 valence electrons. The van der Waals surface area contributed by atoms with E-state index in [1.54, 1.807) is 18.2 Å². The maximum absolute atomic E-state index is 14.4. The number of benzene rings is 2. The lowest BCUT2D eigenvalue weighted by Crippen LogP contribution is -2.61. The summed E-state index contributed by atoms with van der Waals surface area (Å²) in [6.45, 7) is 9.80. The van der Waals surface area contributed by atoms with Gasteiger partial charge >= 0.3 is 0 Å². The molecule has 2 fully saturated rings. The quantitative estimate of drug-likeness (QED) is 0.221. The number of pyridine rings is 1. The Labute approximate surface area is 283 Å². The van der Waals surface area contributed by atoms with Gasteiger partial charge in [0.1, 0.15) is 18.0 Å². The summed E-state index contributed by atoms with van der Waals surface area (Å²) in [7, 11) is 0. The number of hydrogen-bond acceptors (Lipinski definition) is 5. The van der Waals surface area contributed by atoms with Crippen molar-refractivity contribution in [3.63, 3.8) is 0 Å². The highest BCUT2D eigenvalue weighted by Gasteiger charge is 2.48. The summed E-state index contributed by atoms with van der Waals surface area (Å²) in [6, 6.07) is 15.2. The molecular weight excluding hydrogens is 612 g/mol. The molecule has 0 spiro atoms. The van der Waals surface area contributed by atoms with Crippen molar-refractivity contribution in [2.24, 2.45) is 11.3 Å².